The Bertz CT molecular complexity index is 2970. The molecule has 12 rings (SSSR count). The predicted octanol–water partition coefficient (Wildman–Crippen LogP) is 13.9. The predicted molar refractivity (Wildman–Crippen MR) is 219 cm³/mol. The number of thiophene rings is 2. The fraction of sp³-hybridized carbons (Fsp3) is 0.0612. The molecule has 0 N–H and O–H groups in total. The van der Waals surface area contributed by atoms with Crippen LogP contribution in [0, 0.1) is 0 Å². The highest BCUT2D eigenvalue weighted by Gasteiger charge is 2.51. The fourth-order valence-electron chi connectivity index (χ4n) is 9.65. The van der Waals surface area contributed by atoms with Crippen molar-refractivity contribution in [1.82, 2.24) is 0 Å². The van der Waals surface area contributed by atoms with Gasteiger partial charge < -0.3 is 0 Å². The zero-order chi connectivity index (χ0) is 33.3. The van der Waals surface area contributed by atoms with Crippen LogP contribution in [0.3, 0.4) is 0 Å². The standard InChI is InChI=1S/C49H30S2/c1-5-19-41-33(11-1)35-25-23-29(31-15-9-17-39-37-13-3-7-21-45(37)50-47(31)39)27-43(35)49(41)42-20-6-2-12-34(42)36-26-24-30(28-44(36)49)32-16-10-18-40-38-14-4-8-22-46(38)51-48(32)40/h1-7,9-21,23-28H,8,22H2. The maximum absolute atomic E-state index is 2.55. The summed E-state index contributed by atoms with van der Waals surface area (Å²) in [5, 5.41) is 4.07. The summed E-state index contributed by atoms with van der Waals surface area (Å²) < 4.78 is 4.11. The van der Waals surface area contributed by atoms with Gasteiger partial charge in [0.1, 0.15) is 0 Å². The number of benzene rings is 7. The molecule has 0 aliphatic heterocycles. The molecule has 0 bridgehead atoms. The van der Waals surface area contributed by atoms with E-state index in [4.69, 9.17) is 0 Å². The van der Waals surface area contributed by atoms with Crippen LogP contribution in [0.2, 0.25) is 0 Å². The van der Waals surface area contributed by atoms with Crippen LogP contribution in [0.15, 0.2) is 152 Å². The lowest BCUT2D eigenvalue weighted by molar-refractivity contribution is 0.794. The van der Waals surface area contributed by atoms with Gasteiger partial charge in [-0.1, -0.05) is 140 Å². The third-order valence-corrected chi connectivity index (χ3v) is 14.3. The fourth-order valence-corrected chi connectivity index (χ4v) is 12.2. The topological polar surface area (TPSA) is 0 Å². The minimum atomic E-state index is -0.413. The summed E-state index contributed by atoms with van der Waals surface area (Å²) in [6.45, 7) is 0. The molecule has 1 spiro atoms. The SMILES string of the molecule is C1=Cc2c(sc3c(-c4ccc5c(c4)C4(c6ccccc6-5)c5ccccc5-c5ccc(-c6cccc7c6sc6ccccc67)cc54)cccc23)CC1. The van der Waals surface area contributed by atoms with Crippen LogP contribution < -0.4 is 0 Å². The van der Waals surface area contributed by atoms with Gasteiger partial charge in [0.05, 0.1) is 5.41 Å². The van der Waals surface area contributed by atoms with Crippen molar-refractivity contribution >= 4 is 59.0 Å². The number of aryl methyl sites for hydroxylation is 1. The van der Waals surface area contributed by atoms with Crippen molar-refractivity contribution in [2.75, 3.05) is 0 Å². The number of fused-ring (bicyclic) bond motifs is 16. The molecule has 238 valence electrons. The molecule has 0 amide bonds. The number of rotatable bonds is 2. The van der Waals surface area contributed by atoms with Gasteiger partial charge in [-0.05, 0) is 103 Å². The lowest BCUT2D eigenvalue weighted by Gasteiger charge is -2.31. The summed E-state index contributed by atoms with van der Waals surface area (Å²) >= 11 is 3.91. The second-order valence-electron chi connectivity index (χ2n) is 14.2. The molecule has 7 aromatic carbocycles. The highest BCUT2D eigenvalue weighted by Crippen LogP contribution is 2.63. The first-order valence-corrected chi connectivity index (χ1v) is 19.5. The highest BCUT2D eigenvalue weighted by molar-refractivity contribution is 7.26. The van der Waals surface area contributed by atoms with Gasteiger partial charge in [0.25, 0.3) is 0 Å². The molecular formula is C49H30S2. The maximum Gasteiger partial charge on any atom is 0.0725 e. The summed E-state index contributed by atoms with van der Waals surface area (Å²) in [7, 11) is 0. The monoisotopic (exact) mass is 682 g/mol. The summed E-state index contributed by atoms with van der Waals surface area (Å²) in [6.07, 6.45) is 6.95. The summed E-state index contributed by atoms with van der Waals surface area (Å²) in [4.78, 5) is 1.52. The molecule has 3 aliphatic rings. The van der Waals surface area contributed by atoms with E-state index in [0.29, 0.717) is 0 Å². The average Bonchev–Trinajstić information content (AvgIpc) is 3.92. The van der Waals surface area contributed by atoms with Gasteiger partial charge in [0.2, 0.25) is 0 Å². The van der Waals surface area contributed by atoms with Gasteiger partial charge in [-0.3, -0.25) is 0 Å². The van der Waals surface area contributed by atoms with Crippen molar-refractivity contribution < 1.29 is 0 Å². The van der Waals surface area contributed by atoms with Crippen molar-refractivity contribution in [1.29, 1.82) is 0 Å². The van der Waals surface area contributed by atoms with Crippen molar-refractivity contribution in [3.63, 3.8) is 0 Å². The van der Waals surface area contributed by atoms with Crippen LogP contribution in [-0.2, 0) is 11.8 Å². The average molecular weight is 683 g/mol. The Kier molecular flexibility index (Phi) is 5.67. The largest absolute Gasteiger partial charge is 0.139 e. The van der Waals surface area contributed by atoms with Crippen LogP contribution >= 0.6 is 22.7 Å². The lowest BCUT2D eigenvalue weighted by Crippen LogP contribution is -2.26. The molecule has 2 aromatic heterocycles. The minimum absolute atomic E-state index is 0.413. The number of hydrogen-bond acceptors (Lipinski definition) is 2. The van der Waals surface area contributed by atoms with E-state index >= 15 is 0 Å². The summed E-state index contributed by atoms with van der Waals surface area (Å²) in [5.74, 6) is 0. The first-order valence-electron chi connectivity index (χ1n) is 17.9. The molecule has 0 saturated heterocycles. The Labute approximate surface area is 304 Å². The molecule has 0 saturated carbocycles. The molecule has 1 atom stereocenters. The molecule has 9 aromatic rings. The molecule has 0 nitrogen and oxygen atoms in total. The Morgan fingerprint density at radius 1 is 0.431 bits per heavy atom. The second-order valence-corrected chi connectivity index (χ2v) is 16.4. The highest BCUT2D eigenvalue weighted by atomic mass is 32.1. The van der Waals surface area contributed by atoms with Gasteiger partial charge in [0.15, 0.2) is 0 Å². The van der Waals surface area contributed by atoms with Crippen LogP contribution in [-0.4, -0.2) is 0 Å². The molecule has 1 unspecified atom stereocenters. The molecule has 0 radical (unpaired) electrons. The van der Waals surface area contributed by atoms with Crippen LogP contribution in [0.25, 0.3) is 80.8 Å². The van der Waals surface area contributed by atoms with Crippen molar-refractivity contribution in [3.05, 3.63) is 184 Å². The molecule has 2 heterocycles. The van der Waals surface area contributed by atoms with Gasteiger partial charge in [-0.25, -0.2) is 0 Å². The van der Waals surface area contributed by atoms with Gasteiger partial charge in [0, 0.05) is 35.1 Å². The third-order valence-electron chi connectivity index (χ3n) is 11.8. The summed E-state index contributed by atoms with van der Waals surface area (Å²) in [6, 6.07) is 55.6. The summed E-state index contributed by atoms with van der Waals surface area (Å²) in [5.41, 5.74) is 17.1. The van der Waals surface area contributed by atoms with E-state index in [1.807, 2.05) is 22.7 Å². The minimum Gasteiger partial charge on any atom is -0.139 e. The van der Waals surface area contributed by atoms with E-state index in [0.717, 1.165) is 12.8 Å². The second kappa shape index (κ2) is 10.3. The maximum atomic E-state index is 2.55. The van der Waals surface area contributed by atoms with Gasteiger partial charge in [-0.15, -0.1) is 22.7 Å². The molecular weight excluding hydrogens is 653 g/mol. The quantitative estimate of drug-likeness (QED) is 0.170. The van der Waals surface area contributed by atoms with E-state index in [9.17, 15) is 0 Å². The molecule has 3 aliphatic carbocycles. The van der Waals surface area contributed by atoms with Crippen LogP contribution in [0.4, 0.5) is 0 Å². The van der Waals surface area contributed by atoms with Crippen molar-refractivity contribution in [2.45, 2.75) is 18.3 Å². The Balaban J connectivity index is 1.14. The molecule has 2 heteroatoms. The molecule has 51 heavy (non-hydrogen) atoms. The van der Waals surface area contributed by atoms with Gasteiger partial charge in [-0.2, -0.15) is 0 Å². The Morgan fingerprint density at radius 3 is 1.69 bits per heavy atom. The lowest BCUT2D eigenvalue weighted by atomic mass is 9.70. The third kappa shape index (κ3) is 3.64. The number of hydrogen-bond donors (Lipinski definition) is 0. The zero-order valence-electron chi connectivity index (χ0n) is 27.7. The van der Waals surface area contributed by atoms with Crippen molar-refractivity contribution in [3.8, 4) is 44.5 Å². The Morgan fingerprint density at radius 2 is 0.980 bits per heavy atom. The van der Waals surface area contributed by atoms with Gasteiger partial charge >= 0.3 is 0 Å². The van der Waals surface area contributed by atoms with Crippen LogP contribution in [0.1, 0.15) is 39.1 Å². The van der Waals surface area contributed by atoms with E-state index in [2.05, 4.69) is 158 Å². The number of allylic oxidation sites excluding steroid dienone is 1. The Hall–Kier alpha value is -5.54. The first kappa shape index (κ1) is 28.2. The first-order chi connectivity index (χ1) is 25.3. The molecule has 0 fully saturated rings. The van der Waals surface area contributed by atoms with Crippen LogP contribution in [0.5, 0.6) is 0 Å². The van der Waals surface area contributed by atoms with E-state index in [-0.39, 0.29) is 0 Å². The van der Waals surface area contributed by atoms with E-state index in [1.165, 1.54) is 107 Å². The van der Waals surface area contributed by atoms with E-state index < -0.39 is 5.41 Å². The smallest absolute Gasteiger partial charge is 0.0725 e. The zero-order valence-corrected chi connectivity index (χ0v) is 29.4. The van der Waals surface area contributed by atoms with E-state index in [1.54, 1.807) is 0 Å². The normalized spacial score (nSPS) is 16.5. The van der Waals surface area contributed by atoms with Crippen molar-refractivity contribution in [2.24, 2.45) is 0 Å².